The lowest BCUT2D eigenvalue weighted by Crippen LogP contribution is -2.28. The van der Waals surface area contributed by atoms with Gasteiger partial charge in [-0.1, -0.05) is 36.4 Å². The first kappa shape index (κ1) is 10.6. The lowest BCUT2D eigenvalue weighted by Gasteiger charge is -2.13. The van der Waals surface area contributed by atoms with Gasteiger partial charge in [0.1, 0.15) is 6.67 Å². The normalized spacial score (nSPS) is 18.7. The Morgan fingerprint density at radius 2 is 1.78 bits per heavy atom. The summed E-state index contributed by atoms with van der Waals surface area (Å²) in [6.07, 6.45) is 1.80. The zero-order valence-electron chi connectivity index (χ0n) is 9.61. The molecule has 0 aliphatic carbocycles. The molecular formula is C12H12N4O2. The van der Waals surface area contributed by atoms with Gasteiger partial charge in [0.2, 0.25) is 6.79 Å². The summed E-state index contributed by atoms with van der Waals surface area (Å²) in [7, 11) is 0. The standard InChI is InChI=1S/C6H6N4O2.C6H6/c1-4-6(12-3-11-4)9-10-2-7-8-5(1)10;1-2-4-6-5-3-1/h1,7H,2-3H2;1-6H. The SMILES string of the molecule is C1=C2OCOC2=NN2CNN=C12.c1ccccc1. The van der Waals surface area contributed by atoms with Crippen molar-refractivity contribution in [3.63, 3.8) is 0 Å². The number of hydrazone groups is 2. The molecule has 3 heterocycles. The summed E-state index contributed by atoms with van der Waals surface area (Å²) in [5.74, 6) is 1.96. The van der Waals surface area contributed by atoms with Crippen molar-refractivity contribution in [2.24, 2.45) is 10.2 Å². The van der Waals surface area contributed by atoms with Gasteiger partial charge in [0, 0.05) is 6.08 Å². The van der Waals surface area contributed by atoms with Crippen molar-refractivity contribution in [3.8, 4) is 0 Å². The Bertz CT molecular complexity index is 483. The van der Waals surface area contributed by atoms with Crippen LogP contribution in [0, 0.1) is 0 Å². The fourth-order valence-corrected chi connectivity index (χ4v) is 1.59. The average molecular weight is 244 g/mol. The molecule has 1 aromatic rings. The average Bonchev–Trinajstić information content (AvgIpc) is 3.06. The fourth-order valence-electron chi connectivity index (χ4n) is 1.59. The predicted molar refractivity (Wildman–Crippen MR) is 66.3 cm³/mol. The van der Waals surface area contributed by atoms with E-state index in [9.17, 15) is 0 Å². The molecule has 92 valence electrons. The van der Waals surface area contributed by atoms with Crippen LogP contribution >= 0.6 is 0 Å². The number of nitrogens with zero attached hydrogens (tertiary/aromatic N) is 3. The quantitative estimate of drug-likeness (QED) is 0.741. The minimum atomic E-state index is 0.249. The second kappa shape index (κ2) is 4.79. The van der Waals surface area contributed by atoms with Gasteiger partial charge >= 0.3 is 0 Å². The van der Waals surface area contributed by atoms with E-state index >= 15 is 0 Å². The number of hydrogen-bond donors (Lipinski definition) is 1. The highest BCUT2D eigenvalue weighted by Gasteiger charge is 2.29. The van der Waals surface area contributed by atoms with Crippen LogP contribution in [0.15, 0.2) is 58.4 Å². The third kappa shape index (κ3) is 2.13. The molecule has 4 rings (SSSR count). The van der Waals surface area contributed by atoms with Gasteiger partial charge in [-0.3, -0.25) is 5.43 Å². The van der Waals surface area contributed by atoms with Crippen molar-refractivity contribution in [1.29, 1.82) is 0 Å². The molecule has 3 aliphatic rings. The number of amidine groups is 1. The van der Waals surface area contributed by atoms with E-state index in [1.165, 1.54) is 0 Å². The predicted octanol–water partition coefficient (Wildman–Crippen LogP) is 1.06. The third-order valence-corrected chi connectivity index (χ3v) is 2.44. The molecule has 6 nitrogen and oxygen atoms in total. The number of ether oxygens (including phenoxy) is 2. The molecule has 0 bridgehead atoms. The molecule has 1 fully saturated rings. The Kier molecular flexibility index (Phi) is 2.83. The first-order valence-electron chi connectivity index (χ1n) is 5.58. The highest BCUT2D eigenvalue weighted by Crippen LogP contribution is 2.18. The third-order valence-electron chi connectivity index (χ3n) is 2.44. The topological polar surface area (TPSA) is 58.5 Å². The van der Waals surface area contributed by atoms with Crippen LogP contribution in [-0.2, 0) is 9.47 Å². The summed E-state index contributed by atoms with van der Waals surface area (Å²) in [5.41, 5.74) is 2.80. The van der Waals surface area contributed by atoms with Crippen molar-refractivity contribution in [3.05, 3.63) is 48.2 Å². The molecule has 18 heavy (non-hydrogen) atoms. The van der Waals surface area contributed by atoms with Gasteiger partial charge < -0.3 is 9.47 Å². The summed E-state index contributed by atoms with van der Waals surface area (Å²) in [5, 5.41) is 9.85. The molecule has 1 N–H and O–H groups in total. The van der Waals surface area contributed by atoms with E-state index < -0.39 is 0 Å². The first-order chi connectivity index (χ1) is 8.93. The van der Waals surface area contributed by atoms with E-state index in [4.69, 9.17) is 9.47 Å². The van der Waals surface area contributed by atoms with E-state index in [-0.39, 0.29) is 6.79 Å². The Labute approximate surface area is 104 Å². The molecule has 3 aliphatic heterocycles. The molecule has 0 radical (unpaired) electrons. The van der Waals surface area contributed by atoms with Gasteiger partial charge in [-0.25, -0.2) is 5.01 Å². The molecule has 0 saturated carbocycles. The number of hydrogen-bond acceptors (Lipinski definition) is 6. The van der Waals surface area contributed by atoms with E-state index in [0.717, 1.165) is 5.84 Å². The minimum Gasteiger partial charge on any atom is -0.452 e. The number of rotatable bonds is 0. The molecule has 0 aromatic heterocycles. The van der Waals surface area contributed by atoms with Crippen LogP contribution in [0.4, 0.5) is 0 Å². The van der Waals surface area contributed by atoms with E-state index in [1.807, 2.05) is 36.4 Å². The molecule has 0 amide bonds. The van der Waals surface area contributed by atoms with Crippen LogP contribution in [0.1, 0.15) is 0 Å². The summed E-state index contributed by atoms with van der Waals surface area (Å²) < 4.78 is 10.2. The van der Waals surface area contributed by atoms with Crippen LogP contribution < -0.4 is 5.43 Å². The molecule has 1 aromatic carbocycles. The molecule has 0 unspecified atom stereocenters. The first-order valence-corrected chi connectivity index (χ1v) is 5.58. The Balaban J connectivity index is 0.000000142. The van der Waals surface area contributed by atoms with Crippen LogP contribution in [0.2, 0.25) is 0 Å². The minimum absolute atomic E-state index is 0.249. The van der Waals surface area contributed by atoms with Gasteiger partial charge in [0.05, 0.1) is 0 Å². The lowest BCUT2D eigenvalue weighted by molar-refractivity contribution is 0.114. The van der Waals surface area contributed by atoms with Crippen LogP contribution in [-0.4, -0.2) is 30.2 Å². The van der Waals surface area contributed by atoms with Crippen molar-refractivity contribution in [2.45, 2.75) is 0 Å². The maximum absolute atomic E-state index is 5.14. The summed E-state index contributed by atoms with van der Waals surface area (Å²) in [6.45, 7) is 0.838. The van der Waals surface area contributed by atoms with E-state index in [1.54, 1.807) is 11.1 Å². The summed E-state index contributed by atoms with van der Waals surface area (Å²) in [4.78, 5) is 0. The number of nitrogens with one attached hydrogen (secondary N) is 1. The number of benzene rings is 1. The van der Waals surface area contributed by atoms with Crippen LogP contribution in [0.5, 0.6) is 0 Å². The molecule has 1 saturated heterocycles. The van der Waals surface area contributed by atoms with Crippen molar-refractivity contribution >= 4 is 11.7 Å². The van der Waals surface area contributed by atoms with Gasteiger partial charge in [-0.2, -0.15) is 5.10 Å². The lowest BCUT2D eigenvalue weighted by atomic mass is 10.4. The highest BCUT2D eigenvalue weighted by molar-refractivity contribution is 6.06. The van der Waals surface area contributed by atoms with Crippen molar-refractivity contribution in [1.82, 2.24) is 10.4 Å². The van der Waals surface area contributed by atoms with Gasteiger partial charge in [0.25, 0.3) is 5.90 Å². The molecular weight excluding hydrogens is 232 g/mol. The second-order valence-electron chi connectivity index (χ2n) is 3.66. The monoisotopic (exact) mass is 244 g/mol. The van der Waals surface area contributed by atoms with E-state index in [0.29, 0.717) is 18.3 Å². The summed E-state index contributed by atoms with van der Waals surface area (Å²) in [6, 6.07) is 12.0. The zero-order chi connectivity index (χ0) is 12.2. The molecule has 0 spiro atoms. The van der Waals surface area contributed by atoms with Crippen LogP contribution in [0.25, 0.3) is 0 Å². The Morgan fingerprint density at radius 3 is 2.50 bits per heavy atom. The van der Waals surface area contributed by atoms with Crippen molar-refractivity contribution < 1.29 is 9.47 Å². The number of fused-ring (bicyclic) bond motifs is 2. The smallest absolute Gasteiger partial charge is 0.277 e. The highest BCUT2D eigenvalue weighted by atomic mass is 16.7. The Morgan fingerprint density at radius 1 is 1.06 bits per heavy atom. The van der Waals surface area contributed by atoms with Crippen molar-refractivity contribution in [2.75, 3.05) is 13.5 Å². The second-order valence-corrected chi connectivity index (χ2v) is 3.66. The maximum Gasteiger partial charge on any atom is 0.277 e. The van der Waals surface area contributed by atoms with Gasteiger partial charge in [-0.05, 0) is 0 Å². The Hall–Kier alpha value is -2.50. The van der Waals surface area contributed by atoms with Gasteiger partial charge in [0.15, 0.2) is 11.6 Å². The maximum atomic E-state index is 5.14. The fraction of sp³-hybridized carbons (Fsp3) is 0.167. The van der Waals surface area contributed by atoms with E-state index in [2.05, 4.69) is 15.6 Å². The van der Waals surface area contributed by atoms with Gasteiger partial charge in [-0.15, -0.1) is 5.10 Å². The molecule has 6 heteroatoms. The van der Waals surface area contributed by atoms with Crippen LogP contribution in [0.3, 0.4) is 0 Å². The molecule has 0 atom stereocenters. The zero-order valence-corrected chi connectivity index (χ0v) is 9.61. The summed E-state index contributed by atoms with van der Waals surface area (Å²) >= 11 is 0. The largest absolute Gasteiger partial charge is 0.452 e.